The van der Waals surface area contributed by atoms with E-state index in [2.05, 4.69) is 5.32 Å². The first-order valence-electron chi connectivity index (χ1n) is 11.7. The van der Waals surface area contributed by atoms with Crippen LogP contribution in [0.5, 0.6) is 5.75 Å². The van der Waals surface area contributed by atoms with Crippen molar-refractivity contribution >= 4 is 33.2 Å². The minimum Gasteiger partial charge on any atom is -0.495 e. The second-order valence-corrected chi connectivity index (χ2v) is 10.8. The average Bonchev–Trinajstić information content (AvgIpc) is 2.83. The number of hydrogen-bond donors (Lipinski definition) is 1. The maximum Gasteiger partial charge on any atom is 0.271 e. The van der Waals surface area contributed by atoms with Crippen LogP contribution >= 0.6 is 0 Å². The Balaban J connectivity index is 2.51. The Morgan fingerprint density at radius 2 is 1.84 bits per heavy atom. The summed E-state index contributed by atoms with van der Waals surface area (Å²) in [4.78, 5) is 38.6. The number of rotatable bonds is 12. The molecule has 0 aromatic heterocycles. The summed E-state index contributed by atoms with van der Waals surface area (Å²) in [6.07, 6.45) is 1.58. The van der Waals surface area contributed by atoms with Gasteiger partial charge in [0.15, 0.2) is 0 Å². The Morgan fingerprint density at radius 3 is 2.38 bits per heavy atom. The van der Waals surface area contributed by atoms with Crippen molar-refractivity contribution in [2.75, 3.05) is 24.2 Å². The van der Waals surface area contributed by atoms with Gasteiger partial charge in [0.05, 0.1) is 18.3 Å². The molecule has 11 nitrogen and oxygen atoms in total. The van der Waals surface area contributed by atoms with Crippen molar-refractivity contribution in [3.05, 3.63) is 63.7 Å². The molecule has 2 amide bonds. The van der Waals surface area contributed by atoms with Crippen LogP contribution in [0.3, 0.4) is 0 Å². The molecule has 0 bridgehead atoms. The third-order valence-electron chi connectivity index (χ3n) is 5.92. The molecular formula is C25H34N4O7S. The molecule has 0 heterocycles. The summed E-state index contributed by atoms with van der Waals surface area (Å²) in [6.45, 7) is 6.60. The number of nitro benzene ring substituents is 1. The van der Waals surface area contributed by atoms with Crippen LogP contribution in [-0.2, 0) is 26.2 Å². The number of carbonyl (C=O) groups excluding carboxylic acids is 2. The Morgan fingerprint density at radius 1 is 1.16 bits per heavy atom. The Labute approximate surface area is 217 Å². The second kappa shape index (κ2) is 12.5. The highest BCUT2D eigenvalue weighted by Crippen LogP contribution is 2.33. The highest BCUT2D eigenvalue weighted by Gasteiger charge is 2.32. The van der Waals surface area contributed by atoms with Gasteiger partial charge in [0, 0.05) is 24.7 Å². The van der Waals surface area contributed by atoms with Gasteiger partial charge in [0.1, 0.15) is 24.0 Å². The minimum absolute atomic E-state index is 0.0385. The summed E-state index contributed by atoms with van der Waals surface area (Å²) in [6, 6.07) is 9.85. The first-order valence-corrected chi connectivity index (χ1v) is 13.6. The molecule has 0 aliphatic heterocycles. The SMILES string of the molecule is CCC(C)NC(=O)C(C)N(Cc1cccc(C)c1)C(=O)CN(c1cc([N+](=O)[O-])ccc1OC)S(C)(=O)=O. The highest BCUT2D eigenvalue weighted by atomic mass is 32.2. The monoisotopic (exact) mass is 534 g/mol. The van der Waals surface area contributed by atoms with E-state index in [-0.39, 0.29) is 35.6 Å². The number of amides is 2. The Bertz CT molecular complexity index is 1250. The van der Waals surface area contributed by atoms with Crippen molar-refractivity contribution < 1.29 is 27.7 Å². The molecule has 2 unspecified atom stereocenters. The molecule has 0 aliphatic rings. The molecular weight excluding hydrogens is 500 g/mol. The van der Waals surface area contributed by atoms with Gasteiger partial charge in [-0.2, -0.15) is 0 Å². The lowest BCUT2D eigenvalue weighted by Crippen LogP contribution is -2.52. The number of carbonyl (C=O) groups is 2. The van der Waals surface area contributed by atoms with Crippen LogP contribution in [0.15, 0.2) is 42.5 Å². The number of aryl methyl sites for hydroxylation is 1. The number of nitrogens with zero attached hydrogens (tertiary/aromatic N) is 3. The van der Waals surface area contributed by atoms with Gasteiger partial charge in [0.25, 0.3) is 5.69 Å². The van der Waals surface area contributed by atoms with E-state index in [4.69, 9.17) is 4.74 Å². The van der Waals surface area contributed by atoms with Gasteiger partial charge in [-0.3, -0.25) is 24.0 Å². The topological polar surface area (TPSA) is 139 Å². The lowest BCUT2D eigenvalue weighted by atomic mass is 10.1. The molecule has 0 fully saturated rings. The van der Waals surface area contributed by atoms with Gasteiger partial charge >= 0.3 is 0 Å². The summed E-state index contributed by atoms with van der Waals surface area (Å²) in [7, 11) is -2.80. The van der Waals surface area contributed by atoms with Gasteiger partial charge in [-0.1, -0.05) is 36.8 Å². The quantitative estimate of drug-likeness (QED) is 0.326. The molecule has 2 aromatic rings. The lowest BCUT2D eigenvalue weighted by molar-refractivity contribution is -0.384. The van der Waals surface area contributed by atoms with Crippen molar-refractivity contribution in [3.8, 4) is 5.75 Å². The van der Waals surface area contributed by atoms with Crippen LogP contribution in [0.1, 0.15) is 38.3 Å². The molecule has 202 valence electrons. The van der Waals surface area contributed by atoms with Gasteiger partial charge in [-0.25, -0.2) is 8.42 Å². The molecule has 0 spiro atoms. The van der Waals surface area contributed by atoms with Crippen molar-refractivity contribution in [2.45, 2.75) is 52.7 Å². The lowest BCUT2D eigenvalue weighted by Gasteiger charge is -2.32. The molecule has 2 atom stereocenters. The molecule has 0 saturated carbocycles. The predicted octanol–water partition coefficient (Wildman–Crippen LogP) is 3.01. The van der Waals surface area contributed by atoms with Crippen molar-refractivity contribution in [1.82, 2.24) is 10.2 Å². The Hall–Kier alpha value is -3.67. The van der Waals surface area contributed by atoms with Gasteiger partial charge in [-0.05, 0) is 38.8 Å². The van der Waals surface area contributed by atoms with Crippen LogP contribution < -0.4 is 14.4 Å². The molecule has 12 heteroatoms. The van der Waals surface area contributed by atoms with Gasteiger partial charge in [0.2, 0.25) is 21.8 Å². The maximum absolute atomic E-state index is 13.6. The normalized spacial score (nSPS) is 12.8. The van der Waals surface area contributed by atoms with Crippen LogP contribution in [-0.4, -0.2) is 62.0 Å². The zero-order valence-electron chi connectivity index (χ0n) is 21.9. The van der Waals surface area contributed by atoms with E-state index in [9.17, 15) is 28.1 Å². The average molecular weight is 535 g/mol. The maximum atomic E-state index is 13.6. The van der Waals surface area contributed by atoms with E-state index in [1.807, 2.05) is 45.0 Å². The standard InChI is InChI=1S/C25H34N4O7S/c1-7-18(3)26-25(31)19(4)27(15-20-10-8-9-17(2)13-20)24(30)16-28(37(6,34)35)22-14-21(29(32)33)11-12-23(22)36-5/h8-14,18-19H,7,15-16H2,1-6H3,(H,26,31). The number of methoxy groups -OCH3 is 1. The molecule has 2 aromatic carbocycles. The van der Waals surface area contributed by atoms with Crippen LogP contribution in [0.25, 0.3) is 0 Å². The minimum atomic E-state index is -4.09. The number of sulfonamides is 1. The van der Waals surface area contributed by atoms with E-state index in [0.717, 1.165) is 27.8 Å². The second-order valence-electron chi connectivity index (χ2n) is 8.89. The summed E-state index contributed by atoms with van der Waals surface area (Å²) in [5, 5.41) is 14.2. The molecule has 0 radical (unpaired) electrons. The molecule has 37 heavy (non-hydrogen) atoms. The predicted molar refractivity (Wildman–Crippen MR) is 141 cm³/mol. The fraction of sp³-hybridized carbons (Fsp3) is 0.440. The van der Waals surface area contributed by atoms with Crippen LogP contribution in [0.2, 0.25) is 0 Å². The fourth-order valence-electron chi connectivity index (χ4n) is 3.64. The molecule has 2 rings (SSSR count). The van der Waals surface area contributed by atoms with E-state index in [1.54, 1.807) is 6.92 Å². The van der Waals surface area contributed by atoms with E-state index in [0.29, 0.717) is 6.42 Å². The van der Waals surface area contributed by atoms with Crippen molar-refractivity contribution in [1.29, 1.82) is 0 Å². The summed E-state index contributed by atoms with van der Waals surface area (Å²) in [5.41, 5.74) is 1.20. The fourth-order valence-corrected chi connectivity index (χ4v) is 4.48. The zero-order chi connectivity index (χ0) is 27.9. The Kier molecular flexibility index (Phi) is 10.0. The summed E-state index contributed by atoms with van der Waals surface area (Å²) < 4.78 is 31.5. The first kappa shape index (κ1) is 29.6. The van der Waals surface area contributed by atoms with Crippen LogP contribution in [0, 0.1) is 17.0 Å². The van der Waals surface area contributed by atoms with E-state index in [1.165, 1.54) is 24.1 Å². The number of non-ortho nitro benzene ring substituents is 1. The highest BCUT2D eigenvalue weighted by molar-refractivity contribution is 7.92. The number of benzene rings is 2. The molecule has 0 aliphatic carbocycles. The largest absolute Gasteiger partial charge is 0.495 e. The van der Waals surface area contributed by atoms with Crippen molar-refractivity contribution in [2.24, 2.45) is 0 Å². The smallest absolute Gasteiger partial charge is 0.271 e. The number of anilines is 1. The molecule has 0 saturated heterocycles. The van der Waals surface area contributed by atoms with Crippen LogP contribution in [0.4, 0.5) is 11.4 Å². The first-order chi connectivity index (χ1) is 17.3. The summed E-state index contributed by atoms with van der Waals surface area (Å²) >= 11 is 0. The van der Waals surface area contributed by atoms with E-state index < -0.39 is 33.4 Å². The number of nitro groups is 1. The van der Waals surface area contributed by atoms with Gasteiger partial charge in [-0.15, -0.1) is 0 Å². The number of nitrogens with one attached hydrogen (secondary N) is 1. The third-order valence-corrected chi connectivity index (χ3v) is 7.05. The molecule has 1 N–H and O–H groups in total. The van der Waals surface area contributed by atoms with Crippen molar-refractivity contribution in [3.63, 3.8) is 0 Å². The number of hydrogen-bond acceptors (Lipinski definition) is 7. The van der Waals surface area contributed by atoms with E-state index >= 15 is 0 Å². The zero-order valence-corrected chi connectivity index (χ0v) is 22.7. The summed E-state index contributed by atoms with van der Waals surface area (Å²) in [5.74, 6) is -1.00. The van der Waals surface area contributed by atoms with Gasteiger partial charge < -0.3 is 15.0 Å². The number of ether oxygens (including phenoxy) is 1. The third kappa shape index (κ3) is 7.91.